The number of amides is 1. The Labute approximate surface area is 252 Å². The van der Waals surface area contributed by atoms with Gasteiger partial charge >= 0.3 is 0 Å². The van der Waals surface area contributed by atoms with Crippen molar-refractivity contribution in [1.29, 1.82) is 0 Å². The summed E-state index contributed by atoms with van der Waals surface area (Å²) in [6.07, 6.45) is 32.3. The highest BCUT2D eigenvalue weighted by atomic mass is 16.5. The average molecular weight is 568 g/mol. The van der Waals surface area contributed by atoms with E-state index in [9.17, 15) is 4.79 Å². The van der Waals surface area contributed by atoms with Gasteiger partial charge in [-0.25, -0.2) is 0 Å². The second kappa shape index (κ2) is 29.9. The maximum Gasteiger partial charge on any atom is 0.248 e. The van der Waals surface area contributed by atoms with Gasteiger partial charge in [0.2, 0.25) is 5.91 Å². The van der Waals surface area contributed by atoms with Crippen molar-refractivity contribution >= 4 is 5.91 Å². The lowest BCUT2D eigenvalue weighted by atomic mass is 10.0. The van der Waals surface area contributed by atoms with Crippen LogP contribution in [0.15, 0.2) is 0 Å². The minimum atomic E-state index is -0.427. The lowest BCUT2D eigenvalue weighted by Gasteiger charge is -2.28. The van der Waals surface area contributed by atoms with Crippen LogP contribution in [0.2, 0.25) is 0 Å². The first kappa shape index (κ1) is 39.4. The van der Waals surface area contributed by atoms with Crippen molar-refractivity contribution < 1.29 is 14.3 Å². The van der Waals surface area contributed by atoms with E-state index in [1.165, 1.54) is 141 Å². The number of carbonyl (C=O) groups excluding carboxylic acids is 1. The van der Waals surface area contributed by atoms with Gasteiger partial charge in [-0.2, -0.15) is 0 Å². The first-order valence-electron chi connectivity index (χ1n) is 18.0. The summed E-state index contributed by atoms with van der Waals surface area (Å²) in [5.74, 6) is 0.149. The van der Waals surface area contributed by atoms with Crippen LogP contribution in [-0.4, -0.2) is 49.3 Å². The maximum absolute atomic E-state index is 13.1. The van der Waals surface area contributed by atoms with Gasteiger partial charge < -0.3 is 14.4 Å². The molecule has 1 amide bonds. The normalized spacial score (nSPS) is 11.8. The number of hydrogen-bond donors (Lipinski definition) is 0. The minimum absolute atomic E-state index is 0.149. The second-order valence-corrected chi connectivity index (χ2v) is 12.8. The highest BCUT2D eigenvalue weighted by Gasteiger charge is 2.22. The predicted octanol–water partition coefficient (Wildman–Crippen LogP) is 11.0. The van der Waals surface area contributed by atoms with Crippen LogP contribution >= 0.6 is 0 Å². The fourth-order valence-electron chi connectivity index (χ4n) is 5.39. The second-order valence-electron chi connectivity index (χ2n) is 12.8. The van der Waals surface area contributed by atoms with Crippen LogP contribution in [0.3, 0.4) is 0 Å². The zero-order chi connectivity index (χ0) is 29.6. The topological polar surface area (TPSA) is 38.8 Å². The van der Waals surface area contributed by atoms with E-state index in [0.29, 0.717) is 13.2 Å². The Hall–Kier alpha value is -0.610. The summed E-state index contributed by atoms with van der Waals surface area (Å²) in [6.45, 7) is 13.7. The molecule has 0 N–H and O–H groups in total. The third kappa shape index (κ3) is 27.6. The largest absolute Gasteiger partial charge is 0.379 e. The molecule has 0 heterocycles. The van der Waals surface area contributed by atoms with Crippen molar-refractivity contribution in [2.45, 2.75) is 194 Å². The van der Waals surface area contributed by atoms with Gasteiger partial charge in [-0.15, -0.1) is 0 Å². The molecule has 0 aliphatic carbocycles. The summed E-state index contributed by atoms with van der Waals surface area (Å²) in [6, 6.07) is 0. The smallest absolute Gasteiger partial charge is 0.248 e. The molecule has 0 aromatic rings. The minimum Gasteiger partial charge on any atom is -0.379 e. The molecule has 240 valence electrons. The van der Waals surface area contributed by atoms with E-state index in [0.717, 1.165) is 25.9 Å². The summed E-state index contributed by atoms with van der Waals surface area (Å²) in [7, 11) is 0. The summed E-state index contributed by atoms with van der Waals surface area (Å²) in [5, 5.41) is 0. The van der Waals surface area contributed by atoms with Crippen molar-refractivity contribution in [2.24, 2.45) is 0 Å². The molecule has 0 aliphatic rings. The number of unbranched alkanes of at least 4 members (excludes halogenated alkanes) is 22. The Morgan fingerprint density at radius 2 is 0.850 bits per heavy atom. The van der Waals surface area contributed by atoms with E-state index < -0.39 is 5.60 Å². The first-order chi connectivity index (χ1) is 19.5. The Morgan fingerprint density at radius 1 is 0.525 bits per heavy atom. The molecule has 0 fully saturated rings. The van der Waals surface area contributed by atoms with Crippen molar-refractivity contribution in [3.63, 3.8) is 0 Å². The molecule has 4 heteroatoms. The molecule has 0 rings (SSSR count). The zero-order valence-corrected chi connectivity index (χ0v) is 28.2. The Bertz CT molecular complexity index is 494. The van der Waals surface area contributed by atoms with Crippen LogP contribution in [0.25, 0.3) is 0 Å². The fourth-order valence-corrected chi connectivity index (χ4v) is 5.39. The van der Waals surface area contributed by atoms with Crippen LogP contribution in [0, 0.1) is 0 Å². The van der Waals surface area contributed by atoms with E-state index in [-0.39, 0.29) is 12.5 Å². The summed E-state index contributed by atoms with van der Waals surface area (Å²) >= 11 is 0. The van der Waals surface area contributed by atoms with E-state index >= 15 is 0 Å². The number of rotatable bonds is 32. The van der Waals surface area contributed by atoms with E-state index in [1.807, 2.05) is 20.8 Å². The van der Waals surface area contributed by atoms with Crippen LogP contribution in [0.1, 0.15) is 189 Å². The van der Waals surface area contributed by atoms with Gasteiger partial charge in [0.25, 0.3) is 0 Å². The lowest BCUT2D eigenvalue weighted by molar-refractivity contribution is -0.145. The average Bonchev–Trinajstić information content (AvgIpc) is 2.95. The standard InChI is InChI=1S/C36H73NO3/c1-6-9-11-13-15-17-19-21-23-25-27-29-31-37(35(38)33-40-36(4,5)34-39-8-3)32-30-28-26-24-22-20-18-16-14-12-10-7-2/h6-34H2,1-5H3. The number of hydrogen-bond acceptors (Lipinski definition) is 3. The zero-order valence-electron chi connectivity index (χ0n) is 28.2. The Balaban J connectivity index is 4.17. The van der Waals surface area contributed by atoms with Gasteiger partial charge in [0.05, 0.1) is 12.2 Å². The molecule has 0 unspecified atom stereocenters. The monoisotopic (exact) mass is 568 g/mol. The number of ether oxygens (including phenoxy) is 2. The van der Waals surface area contributed by atoms with Gasteiger partial charge in [-0.05, 0) is 33.6 Å². The summed E-state index contributed by atoms with van der Waals surface area (Å²) in [4.78, 5) is 15.2. The van der Waals surface area contributed by atoms with E-state index in [2.05, 4.69) is 18.7 Å². The molecular formula is C36H73NO3. The van der Waals surface area contributed by atoms with Crippen LogP contribution in [0.5, 0.6) is 0 Å². The van der Waals surface area contributed by atoms with Gasteiger partial charge in [0.1, 0.15) is 6.61 Å². The van der Waals surface area contributed by atoms with Crippen LogP contribution in [-0.2, 0) is 14.3 Å². The SMILES string of the molecule is CCCCCCCCCCCCCCN(CCCCCCCCCCCCCC)C(=O)COC(C)(C)COCC. The quantitative estimate of drug-likeness (QED) is 0.0759. The van der Waals surface area contributed by atoms with Gasteiger partial charge in [0.15, 0.2) is 0 Å². The molecule has 0 aromatic heterocycles. The Kier molecular flexibility index (Phi) is 29.4. The molecule has 0 radical (unpaired) electrons. The summed E-state index contributed by atoms with van der Waals surface area (Å²) in [5.41, 5.74) is -0.427. The molecule has 0 spiro atoms. The highest BCUT2D eigenvalue weighted by molar-refractivity contribution is 5.77. The van der Waals surface area contributed by atoms with Crippen molar-refractivity contribution in [3.8, 4) is 0 Å². The third-order valence-electron chi connectivity index (χ3n) is 8.16. The van der Waals surface area contributed by atoms with E-state index in [4.69, 9.17) is 9.47 Å². The molecular weight excluding hydrogens is 494 g/mol. The van der Waals surface area contributed by atoms with Gasteiger partial charge in [-0.1, -0.05) is 155 Å². The molecule has 40 heavy (non-hydrogen) atoms. The summed E-state index contributed by atoms with van der Waals surface area (Å²) < 4.78 is 11.5. The van der Waals surface area contributed by atoms with Gasteiger partial charge in [-0.3, -0.25) is 4.79 Å². The van der Waals surface area contributed by atoms with Crippen molar-refractivity contribution in [1.82, 2.24) is 4.90 Å². The fraction of sp³-hybridized carbons (Fsp3) is 0.972. The highest BCUT2D eigenvalue weighted by Crippen LogP contribution is 2.15. The molecule has 0 aromatic carbocycles. The lowest BCUT2D eigenvalue weighted by Crippen LogP contribution is -2.40. The molecule has 0 aliphatic heterocycles. The number of carbonyl (C=O) groups is 1. The molecule has 0 atom stereocenters. The number of nitrogens with zero attached hydrogens (tertiary/aromatic N) is 1. The van der Waals surface area contributed by atoms with Crippen LogP contribution in [0.4, 0.5) is 0 Å². The van der Waals surface area contributed by atoms with Gasteiger partial charge in [0, 0.05) is 19.7 Å². The van der Waals surface area contributed by atoms with Crippen LogP contribution < -0.4 is 0 Å². The van der Waals surface area contributed by atoms with Crippen molar-refractivity contribution in [3.05, 3.63) is 0 Å². The molecule has 0 saturated heterocycles. The molecule has 0 bridgehead atoms. The first-order valence-corrected chi connectivity index (χ1v) is 18.0. The predicted molar refractivity (Wildman–Crippen MR) is 175 cm³/mol. The molecule has 0 saturated carbocycles. The van der Waals surface area contributed by atoms with Crippen molar-refractivity contribution in [2.75, 3.05) is 32.9 Å². The maximum atomic E-state index is 13.1. The third-order valence-corrected chi connectivity index (χ3v) is 8.16. The van der Waals surface area contributed by atoms with E-state index in [1.54, 1.807) is 0 Å². The molecule has 4 nitrogen and oxygen atoms in total. The Morgan fingerprint density at radius 3 is 1.18 bits per heavy atom.